The zero-order chi connectivity index (χ0) is 27.6. The molecule has 2 amide bonds. The Hall–Kier alpha value is -4.85. The number of carbonyl (C=O) groups excluding carboxylic acids is 3. The fourth-order valence-corrected chi connectivity index (χ4v) is 4.15. The summed E-state index contributed by atoms with van der Waals surface area (Å²) in [6.45, 7) is 0.124. The van der Waals surface area contributed by atoms with E-state index in [1.165, 1.54) is 7.85 Å². The molecule has 4 aromatic rings. The number of benzene rings is 4. The van der Waals surface area contributed by atoms with E-state index in [-0.39, 0.29) is 30.3 Å². The maximum absolute atomic E-state index is 13.1. The van der Waals surface area contributed by atoms with Gasteiger partial charge in [-0.15, -0.1) is 0 Å². The van der Waals surface area contributed by atoms with Crippen molar-refractivity contribution in [3.63, 3.8) is 0 Å². The van der Waals surface area contributed by atoms with Crippen LogP contribution in [0.4, 0.5) is 10.5 Å². The minimum Gasteiger partial charge on any atom is -0.497 e. The van der Waals surface area contributed by atoms with Crippen LogP contribution in [0.25, 0.3) is 11.1 Å². The quantitative estimate of drug-likeness (QED) is 0.223. The molecular formula is C31H29BN2O5. The van der Waals surface area contributed by atoms with E-state index >= 15 is 0 Å². The van der Waals surface area contributed by atoms with Crippen LogP contribution >= 0.6 is 0 Å². The van der Waals surface area contributed by atoms with Crippen molar-refractivity contribution in [2.75, 3.05) is 12.4 Å². The van der Waals surface area contributed by atoms with E-state index in [1.807, 2.05) is 78.9 Å². The third kappa shape index (κ3) is 7.58. The van der Waals surface area contributed by atoms with Crippen LogP contribution in [-0.4, -0.2) is 32.6 Å². The number of nitrogens with one attached hydrogen (secondary N) is 2. The van der Waals surface area contributed by atoms with Crippen LogP contribution in [0, 0.1) is 0 Å². The first kappa shape index (κ1) is 27.2. The highest BCUT2D eigenvalue weighted by Gasteiger charge is 2.20. The molecule has 8 heteroatoms. The Morgan fingerprint density at radius 3 is 2.05 bits per heavy atom. The lowest BCUT2D eigenvalue weighted by Crippen LogP contribution is -2.30. The summed E-state index contributed by atoms with van der Waals surface area (Å²) in [5.41, 5.74) is 4.26. The minimum atomic E-state index is -0.551. The zero-order valence-corrected chi connectivity index (χ0v) is 21.8. The summed E-state index contributed by atoms with van der Waals surface area (Å²) in [6.07, 6.45) is -0.0190. The number of methoxy groups -OCH3 is 1. The molecule has 1 atom stereocenters. The molecule has 196 valence electrons. The maximum Gasteiger partial charge on any atom is 0.340 e. The van der Waals surface area contributed by atoms with Crippen LogP contribution in [0.2, 0.25) is 0 Å². The number of esters is 1. The summed E-state index contributed by atoms with van der Waals surface area (Å²) in [6, 6.07) is 30.9. The fourth-order valence-electron chi connectivity index (χ4n) is 4.15. The first-order chi connectivity index (χ1) is 18.9. The van der Waals surface area contributed by atoms with Crippen LogP contribution in [0.5, 0.6) is 5.75 Å². The summed E-state index contributed by atoms with van der Waals surface area (Å²) in [5.74, 6) is -0.367. The van der Waals surface area contributed by atoms with Crippen LogP contribution in [-0.2, 0) is 16.1 Å². The molecule has 4 rings (SSSR count). The molecule has 0 aliphatic carbocycles. The predicted octanol–water partition coefficient (Wildman–Crippen LogP) is 5.13. The van der Waals surface area contributed by atoms with Crippen molar-refractivity contribution < 1.29 is 23.9 Å². The molecule has 0 saturated carbocycles. The van der Waals surface area contributed by atoms with Crippen molar-refractivity contribution >= 4 is 31.2 Å². The molecular weight excluding hydrogens is 491 g/mol. The SMILES string of the molecule is BC(=O)NC(CC(=O)Nc1ccccc1C(=O)OCc1ccccc1)c1ccc(-c2ccc(OC)cc2)cc1. The second-order valence-electron chi connectivity index (χ2n) is 8.96. The van der Waals surface area contributed by atoms with Gasteiger partial charge in [-0.25, -0.2) is 4.79 Å². The van der Waals surface area contributed by atoms with Gasteiger partial charge in [-0.05, 0) is 46.5 Å². The summed E-state index contributed by atoms with van der Waals surface area (Å²) in [5, 5.41) is 5.66. The molecule has 0 bridgehead atoms. The highest BCUT2D eigenvalue weighted by atomic mass is 16.5. The maximum atomic E-state index is 13.1. The van der Waals surface area contributed by atoms with Crippen molar-refractivity contribution in [2.24, 2.45) is 0 Å². The van der Waals surface area contributed by atoms with E-state index in [0.717, 1.165) is 28.0 Å². The molecule has 0 radical (unpaired) electrons. The lowest BCUT2D eigenvalue weighted by atomic mass is 9.97. The third-order valence-electron chi connectivity index (χ3n) is 6.14. The Balaban J connectivity index is 1.44. The second kappa shape index (κ2) is 13.1. The predicted molar refractivity (Wildman–Crippen MR) is 153 cm³/mol. The molecule has 7 nitrogen and oxygen atoms in total. The highest BCUT2D eigenvalue weighted by Crippen LogP contribution is 2.26. The molecule has 1 unspecified atom stereocenters. The number of hydrogen-bond acceptors (Lipinski definition) is 5. The van der Waals surface area contributed by atoms with Gasteiger partial charge in [0.2, 0.25) is 13.8 Å². The van der Waals surface area contributed by atoms with Crippen molar-refractivity contribution in [1.82, 2.24) is 5.32 Å². The van der Waals surface area contributed by atoms with Crippen LogP contribution in [0.15, 0.2) is 103 Å². The van der Waals surface area contributed by atoms with E-state index in [1.54, 1.807) is 31.4 Å². The average molecular weight is 520 g/mol. The van der Waals surface area contributed by atoms with E-state index < -0.39 is 12.0 Å². The zero-order valence-electron chi connectivity index (χ0n) is 21.8. The van der Waals surface area contributed by atoms with Gasteiger partial charge in [0.25, 0.3) is 0 Å². The standard InChI is InChI=1S/C31H29BN2O5/c1-38-25-17-15-23(16-18-25)22-11-13-24(14-12-22)28(34-31(32)37)19-29(35)33-27-10-6-5-9-26(27)30(36)39-20-21-7-3-2-4-8-21/h2-18,28H,19-20,32H2,1H3,(H,33,35)(H,34,37). The van der Waals surface area contributed by atoms with Crippen molar-refractivity contribution in [2.45, 2.75) is 19.1 Å². The smallest absolute Gasteiger partial charge is 0.340 e. The van der Waals surface area contributed by atoms with Gasteiger partial charge in [0, 0.05) is 0 Å². The van der Waals surface area contributed by atoms with E-state index in [0.29, 0.717) is 5.69 Å². The number of hydrogen-bond donors (Lipinski definition) is 2. The first-order valence-corrected chi connectivity index (χ1v) is 12.5. The fraction of sp³-hybridized carbons (Fsp3) is 0.129. The number of carbonyl (C=O) groups is 3. The van der Waals surface area contributed by atoms with Crippen molar-refractivity contribution in [3.05, 3.63) is 120 Å². The van der Waals surface area contributed by atoms with E-state index in [4.69, 9.17) is 9.47 Å². The molecule has 0 saturated heterocycles. The van der Waals surface area contributed by atoms with E-state index in [9.17, 15) is 14.4 Å². The minimum absolute atomic E-state index is 0.0190. The van der Waals surface area contributed by atoms with Gasteiger partial charge in [-0.3, -0.25) is 9.59 Å². The van der Waals surface area contributed by atoms with Crippen LogP contribution in [0.3, 0.4) is 0 Å². The second-order valence-corrected chi connectivity index (χ2v) is 8.96. The molecule has 0 fully saturated rings. The van der Waals surface area contributed by atoms with Crippen LogP contribution < -0.4 is 15.4 Å². The van der Waals surface area contributed by atoms with Gasteiger partial charge in [0.05, 0.1) is 30.8 Å². The third-order valence-corrected chi connectivity index (χ3v) is 6.14. The number of amides is 2. The summed E-state index contributed by atoms with van der Waals surface area (Å²) in [4.78, 5) is 37.7. The summed E-state index contributed by atoms with van der Waals surface area (Å²) >= 11 is 0. The normalized spacial score (nSPS) is 11.2. The molecule has 0 aliphatic heterocycles. The lowest BCUT2D eigenvalue weighted by Gasteiger charge is -2.19. The Labute approximate surface area is 228 Å². The number of para-hydroxylation sites is 1. The van der Waals surface area contributed by atoms with Gasteiger partial charge < -0.3 is 20.1 Å². The largest absolute Gasteiger partial charge is 0.497 e. The van der Waals surface area contributed by atoms with Crippen molar-refractivity contribution in [1.29, 1.82) is 0 Å². The Morgan fingerprint density at radius 2 is 1.41 bits per heavy atom. The van der Waals surface area contributed by atoms with Gasteiger partial charge in [0.1, 0.15) is 12.4 Å². The number of anilines is 1. The Bertz CT molecular complexity index is 1420. The first-order valence-electron chi connectivity index (χ1n) is 12.5. The van der Waals surface area contributed by atoms with Gasteiger partial charge in [0.15, 0.2) is 5.81 Å². The molecule has 0 aliphatic rings. The molecule has 0 heterocycles. The van der Waals surface area contributed by atoms with E-state index in [2.05, 4.69) is 10.6 Å². The molecule has 0 aromatic heterocycles. The van der Waals surface area contributed by atoms with Gasteiger partial charge in [-0.2, -0.15) is 0 Å². The molecule has 39 heavy (non-hydrogen) atoms. The Kier molecular flexibility index (Phi) is 9.14. The Morgan fingerprint density at radius 1 is 0.795 bits per heavy atom. The van der Waals surface area contributed by atoms with Crippen LogP contribution in [0.1, 0.15) is 33.9 Å². The number of rotatable bonds is 10. The average Bonchev–Trinajstić information content (AvgIpc) is 2.96. The molecule has 0 spiro atoms. The van der Waals surface area contributed by atoms with Gasteiger partial charge >= 0.3 is 5.97 Å². The molecule has 4 aromatic carbocycles. The summed E-state index contributed by atoms with van der Waals surface area (Å²) in [7, 11) is 3.03. The van der Waals surface area contributed by atoms with Crippen molar-refractivity contribution in [3.8, 4) is 16.9 Å². The monoisotopic (exact) mass is 520 g/mol. The highest BCUT2D eigenvalue weighted by molar-refractivity contribution is 6.57. The number of ether oxygens (including phenoxy) is 2. The lowest BCUT2D eigenvalue weighted by molar-refractivity contribution is -0.116. The molecule has 2 N–H and O–H groups in total. The van der Waals surface area contributed by atoms with Gasteiger partial charge in [-0.1, -0.05) is 78.9 Å². The summed E-state index contributed by atoms with van der Waals surface area (Å²) < 4.78 is 10.7. The topological polar surface area (TPSA) is 93.7 Å².